The Kier molecular flexibility index (Phi) is 5.33. The maximum atomic E-state index is 12.4. The summed E-state index contributed by atoms with van der Waals surface area (Å²) >= 11 is 0. The number of carbonyl (C=O) groups is 1. The first-order valence-electron chi connectivity index (χ1n) is 8.40. The Labute approximate surface area is 137 Å². The van der Waals surface area contributed by atoms with Crippen LogP contribution in [0.2, 0.25) is 0 Å². The Morgan fingerprint density at radius 1 is 1.26 bits per heavy atom. The third-order valence-corrected chi connectivity index (χ3v) is 4.58. The highest BCUT2D eigenvalue weighted by Gasteiger charge is 2.27. The molecule has 6 heteroatoms. The highest BCUT2D eigenvalue weighted by atomic mass is 16.5. The second kappa shape index (κ2) is 7.64. The van der Waals surface area contributed by atoms with Gasteiger partial charge in [0.25, 0.3) is 0 Å². The summed E-state index contributed by atoms with van der Waals surface area (Å²) in [6.07, 6.45) is 3.73. The zero-order chi connectivity index (χ0) is 16.1. The maximum absolute atomic E-state index is 12.4. The number of amides is 2. The highest BCUT2D eigenvalue weighted by Crippen LogP contribution is 2.21. The van der Waals surface area contributed by atoms with Crippen LogP contribution >= 0.6 is 0 Å². The van der Waals surface area contributed by atoms with Crippen LogP contribution in [-0.2, 0) is 4.74 Å². The Hall–Kier alpha value is -1.82. The van der Waals surface area contributed by atoms with E-state index in [2.05, 4.69) is 4.98 Å². The molecule has 2 fully saturated rings. The predicted molar refractivity (Wildman–Crippen MR) is 86.6 cm³/mol. The SMILES string of the molecule is Cc1cccnc1OCC1CCN(C(=O)N2CCOCC2)CC1. The topological polar surface area (TPSA) is 54.9 Å². The Bertz CT molecular complexity index is 524. The van der Waals surface area contributed by atoms with Crippen molar-refractivity contribution in [2.24, 2.45) is 5.92 Å². The number of ether oxygens (including phenoxy) is 2. The van der Waals surface area contributed by atoms with Gasteiger partial charge in [0.15, 0.2) is 0 Å². The third kappa shape index (κ3) is 4.13. The molecular formula is C17H25N3O3. The normalized spacial score (nSPS) is 19.7. The van der Waals surface area contributed by atoms with Gasteiger partial charge in [0, 0.05) is 37.9 Å². The van der Waals surface area contributed by atoms with Crippen LogP contribution in [-0.4, -0.2) is 66.8 Å². The average Bonchev–Trinajstić information content (AvgIpc) is 2.62. The number of urea groups is 1. The van der Waals surface area contributed by atoms with Gasteiger partial charge in [0.1, 0.15) is 0 Å². The molecule has 6 nitrogen and oxygen atoms in total. The van der Waals surface area contributed by atoms with Gasteiger partial charge in [-0.3, -0.25) is 0 Å². The second-order valence-corrected chi connectivity index (χ2v) is 6.25. The molecule has 2 saturated heterocycles. The fourth-order valence-electron chi connectivity index (χ4n) is 3.06. The standard InChI is InChI=1S/C17H25N3O3/c1-14-3-2-6-18-16(14)23-13-15-4-7-19(8-5-15)17(21)20-9-11-22-12-10-20/h2-3,6,15H,4-5,7-13H2,1H3. The molecule has 1 aromatic heterocycles. The van der Waals surface area contributed by atoms with Crippen molar-refractivity contribution < 1.29 is 14.3 Å². The summed E-state index contributed by atoms with van der Waals surface area (Å²) in [6, 6.07) is 4.08. The van der Waals surface area contributed by atoms with Crippen LogP contribution in [0.4, 0.5) is 4.79 Å². The van der Waals surface area contributed by atoms with Crippen molar-refractivity contribution >= 4 is 6.03 Å². The zero-order valence-electron chi connectivity index (χ0n) is 13.7. The van der Waals surface area contributed by atoms with Gasteiger partial charge in [0.2, 0.25) is 5.88 Å². The van der Waals surface area contributed by atoms with Crippen LogP contribution in [0.1, 0.15) is 18.4 Å². The van der Waals surface area contributed by atoms with Crippen LogP contribution in [0.5, 0.6) is 5.88 Å². The molecule has 0 spiro atoms. The van der Waals surface area contributed by atoms with Crippen LogP contribution in [0.25, 0.3) is 0 Å². The number of aromatic nitrogens is 1. The lowest BCUT2D eigenvalue weighted by Gasteiger charge is -2.37. The minimum absolute atomic E-state index is 0.160. The second-order valence-electron chi connectivity index (χ2n) is 6.25. The molecule has 126 valence electrons. The van der Waals surface area contributed by atoms with Crippen molar-refractivity contribution in [1.29, 1.82) is 0 Å². The Morgan fingerprint density at radius 2 is 1.96 bits per heavy atom. The molecule has 0 radical (unpaired) electrons. The molecule has 0 unspecified atom stereocenters. The van der Waals surface area contributed by atoms with E-state index in [1.54, 1.807) is 6.20 Å². The van der Waals surface area contributed by atoms with Crippen molar-refractivity contribution in [3.8, 4) is 5.88 Å². The molecule has 23 heavy (non-hydrogen) atoms. The largest absolute Gasteiger partial charge is 0.477 e. The van der Waals surface area contributed by atoms with Crippen LogP contribution in [0.3, 0.4) is 0 Å². The van der Waals surface area contributed by atoms with Gasteiger partial charge in [0.05, 0.1) is 19.8 Å². The lowest BCUT2D eigenvalue weighted by molar-refractivity contribution is 0.0388. The summed E-state index contributed by atoms with van der Waals surface area (Å²) in [5, 5.41) is 0. The van der Waals surface area contributed by atoms with E-state index in [0.29, 0.717) is 38.8 Å². The molecule has 0 atom stereocenters. The minimum atomic E-state index is 0.160. The number of morpholine rings is 1. The summed E-state index contributed by atoms with van der Waals surface area (Å²) in [7, 11) is 0. The first-order valence-corrected chi connectivity index (χ1v) is 8.40. The molecular weight excluding hydrogens is 294 g/mol. The van der Waals surface area contributed by atoms with E-state index in [1.807, 2.05) is 28.9 Å². The molecule has 3 rings (SSSR count). The molecule has 0 N–H and O–H groups in total. The van der Waals surface area contributed by atoms with Crippen LogP contribution in [0, 0.1) is 12.8 Å². The summed E-state index contributed by atoms with van der Waals surface area (Å²) in [5.74, 6) is 1.21. The fraction of sp³-hybridized carbons (Fsp3) is 0.647. The van der Waals surface area contributed by atoms with Gasteiger partial charge in [-0.2, -0.15) is 0 Å². The molecule has 1 aromatic rings. The number of hydrogen-bond acceptors (Lipinski definition) is 4. The van der Waals surface area contributed by atoms with E-state index in [-0.39, 0.29) is 6.03 Å². The molecule has 2 aliphatic heterocycles. The molecule has 3 heterocycles. The molecule has 2 aliphatic rings. The molecule has 0 aromatic carbocycles. The summed E-state index contributed by atoms with van der Waals surface area (Å²) in [5.41, 5.74) is 1.06. The fourth-order valence-corrected chi connectivity index (χ4v) is 3.06. The first kappa shape index (κ1) is 16.1. The predicted octanol–water partition coefficient (Wildman–Crippen LogP) is 1.93. The number of rotatable bonds is 3. The van der Waals surface area contributed by atoms with E-state index in [1.165, 1.54) is 0 Å². The van der Waals surface area contributed by atoms with E-state index < -0.39 is 0 Å². The first-order chi connectivity index (χ1) is 11.2. The van der Waals surface area contributed by atoms with Crippen molar-refractivity contribution in [2.75, 3.05) is 46.0 Å². The van der Waals surface area contributed by atoms with Crippen molar-refractivity contribution in [3.63, 3.8) is 0 Å². The van der Waals surface area contributed by atoms with Crippen LogP contribution < -0.4 is 4.74 Å². The Balaban J connectivity index is 1.43. The van der Waals surface area contributed by atoms with E-state index in [9.17, 15) is 4.79 Å². The Morgan fingerprint density at radius 3 is 2.65 bits per heavy atom. The number of carbonyl (C=O) groups excluding carboxylic acids is 1. The number of piperidine rings is 1. The van der Waals surface area contributed by atoms with Gasteiger partial charge in [-0.15, -0.1) is 0 Å². The van der Waals surface area contributed by atoms with Crippen LogP contribution in [0.15, 0.2) is 18.3 Å². The average molecular weight is 319 g/mol. The monoisotopic (exact) mass is 319 g/mol. The highest BCUT2D eigenvalue weighted by molar-refractivity contribution is 5.74. The van der Waals surface area contributed by atoms with E-state index in [4.69, 9.17) is 9.47 Å². The number of nitrogens with zero attached hydrogens (tertiary/aromatic N) is 3. The number of likely N-dealkylation sites (tertiary alicyclic amines) is 1. The number of hydrogen-bond donors (Lipinski definition) is 0. The van der Waals surface area contributed by atoms with Crippen molar-refractivity contribution in [2.45, 2.75) is 19.8 Å². The van der Waals surface area contributed by atoms with Gasteiger partial charge in [-0.1, -0.05) is 6.07 Å². The van der Waals surface area contributed by atoms with Crippen molar-refractivity contribution in [3.05, 3.63) is 23.9 Å². The molecule has 0 bridgehead atoms. The van der Waals surface area contributed by atoms with Gasteiger partial charge < -0.3 is 19.3 Å². The maximum Gasteiger partial charge on any atom is 0.320 e. The molecule has 0 aliphatic carbocycles. The summed E-state index contributed by atoms with van der Waals surface area (Å²) < 4.78 is 11.1. The smallest absolute Gasteiger partial charge is 0.320 e. The van der Waals surface area contributed by atoms with E-state index >= 15 is 0 Å². The van der Waals surface area contributed by atoms with Gasteiger partial charge >= 0.3 is 6.03 Å². The third-order valence-electron chi connectivity index (χ3n) is 4.58. The van der Waals surface area contributed by atoms with Gasteiger partial charge in [-0.25, -0.2) is 9.78 Å². The lowest BCUT2D eigenvalue weighted by Crippen LogP contribution is -2.50. The van der Waals surface area contributed by atoms with Gasteiger partial charge in [-0.05, 0) is 31.7 Å². The van der Waals surface area contributed by atoms with E-state index in [0.717, 1.165) is 37.4 Å². The van der Waals surface area contributed by atoms with Crippen molar-refractivity contribution in [1.82, 2.24) is 14.8 Å². The quantitative estimate of drug-likeness (QED) is 0.854. The summed E-state index contributed by atoms with van der Waals surface area (Å²) in [6.45, 7) is 7.03. The molecule has 0 saturated carbocycles. The zero-order valence-corrected chi connectivity index (χ0v) is 13.7. The number of aryl methyl sites for hydroxylation is 1. The summed E-state index contributed by atoms with van der Waals surface area (Å²) in [4.78, 5) is 20.6. The molecule has 2 amide bonds. The minimum Gasteiger partial charge on any atom is -0.477 e. The number of pyridine rings is 1. The lowest BCUT2D eigenvalue weighted by atomic mass is 9.98.